The van der Waals surface area contributed by atoms with Crippen LogP contribution in [0.2, 0.25) is 0 Å². The molecule has 5 heteroatoms. The van der Waals surface area contributed by atoms with E-state index in [-0.39, 0.29) is 12.4 Å². The SMILES string of the molecule is Cc1[nH]c(-c2ccc3oc(=O)n(C)c3c2)cc1CO. The lowest BCUT2D eigenvalue weighted by Crippen LogP contribution is -2.08. The number of hydrogen-bond donors (Lipinski definition) is 2. The van der Waals surface area contributed by atoms with Crippen molar-refractivity contribution in [1.82, 2.24) is 9.55 Å². The molecule has 0 radical (unpaired) electrons. The van der Waals surface area contributed by atoms with Crippen LogP contribution in [0.25, 0.3) is 22.4 Å². The van der Waals surface area contributed by atoms with E-state index in [9.17, 15) is 9.90 Å². The Labute approximate surface area is 109 Å². The molecule has 0 unspecified atom stereocenters. The minimum absolute atomic E-state index is 0.00870. The number of H-pyrrole nitrogens is 1. The summed E-state index contributed by atoms with van der Waals surface area (Å²) in [5.41, 5.74) is 5.00. The van der Waals surface area contributed by atoms with Gasteiger partial charge in [-0.15, -0.1) is 0 Å². The highest BCUT2D eigenvalue weighted by molar-refractivity contribution is 5.80. The van der Waals surface area contributed by atoms with E-state index in [4.69, 9.17) is 4.42 Å². The standard InChI is InChI=1S/C14H14N2O3/c1-8-10(7-17)5-11(15-8)9-3-4-13-12(6-9)16(2)14(18)19-13/h3-6,15,17H,7H2,1-2H3. The molecule has 98 valence electrons. The molecule has 1 aromatic carbocycles. The number of hydrogen-bond acceptors (Lipinski definition) is 3. The molecule has 0 saturated heterocycles. The number of nitrogens with zero attached hydrogens (tertiary/aromatic N) is 1. The van der Waals surface area contributed by atoms with Crippen molar-refractivity contribution in [2.45, 2.75) is 13.5 Å². The van der Waals surface area contributed by atoms with Gasteiger partial charge in [0.15, 0.2) is 5.58 Å². The van der Waals surface area contributed by atoms with Gasteiger partial charge in [0.2, 0.25) is 0 Å². The third kappa shape index (κ3) is 1.79. The van der Waals surface area contributed by atoms with Crippen molar-refractivity contribution in [1.29, 1.82) is 0 Å². The molecule has 0 saturated carbocycles. The van der Waals surface area contributed by atoms with Gasteiger partial charge in [0.05, 0.1) is 12.1 Å². The molecule has 2 aromatic heterocycles. The van der Waals surface area contributed by atoms with Gasteiger partial charge in [0, 0.05) is 24.0 Å². The molecule has 0 aliphatic rings. The fraction of sp³-hybridized carbons (Fsp3) is 0.214. The zero-order valence-corrected chi connectivity index (χ0v) is 10.7. The molecular weight excluding hydrogens is 244 g/mol. The van der Waals surface area contributed by atoms with Crippen molar-refractivity contribution in [3.05, 3.63) is 46.1 Å². The van der Waals surface area contributed by atoms with Gasteiger partial charge in [-0.25, -0.2) is 4.79 Å². The van der Waals surface area contributed by atoms with E-state index in [1.807, 2.05) is 25.1 Å². The molecule has 0 spiro atoms. The van der Waals surface area contributed by atoms with E-state index in [1.54, 1.807) is 13.1 Å². The second-order valence-electron chi connectivity index (χ2n) is 4.60. The van der Waals surface area contributed by atoms with Crippen LogP contribution >= 0.6 is 0 Å². The third-order valence-corrected chi connectivity index (χ3v) is 3.40. The summed E-state index contributed by atoms with van der Waals surface area (Å²) in [5, 5.41) is 9.22. The zero-order valence-electron chi connectivity index (χ0n) is 10.7. The Morgan fingerprint density at radius 3 is 2.84 bits per heavy atom. The fourth-order valence-corrected chi connectivity index (χ4v) is 2.21. The van der Waals surface area contributed by atoms with Crippen LogP contribution < -0.4 is 5.76 Å². The topological polar surface area (TPSA) is 71.2 Å². The molecule has 0 fully saturated rings. The first-order valence-corrected chi connectivity index (χ1v) is 5.99. The summed E-state index contributed by atoms with van der Waals surface area (Å²) >= 11 is 0. The quantitative estimate of drug-likeness (QED) is 0.737. The van der Waals surface area contributed by atoms with Crippen molar-refractivity contribution in [3.8, 4) is 11.3 Å². The summed E-state index contributed by atoms with van der Waals surface area (Å²) in [5.74, 6) is -0.370. The Balaban J connectivity index is 2.19. The van der Waals surface area contributed by atoms with Crippen LogP contribution in [0.5, 0.6) is 0 Å². The van der Waals surface area contributed by atoms with E-state index < -0.39 is 0 Å². The molecule has 19 heavy (non-hydrogen) atoms. The van der Waals surface area contributed by atoms with Crippen LogP contribution in [-0.4, -0.2) is 14.7 Å². The molecule has 2 heterocycles. The molecular formula is C14H14N2O3. The normalized spacial score (nSPS) is 11.3. The maximum absolute atomic E-state index is 11.4. The van der Waals surface area contributed by atoms with Gasteiger partial charge in [-0.1, -0.05) is 0 Å². The average molecular weight is 258 g/mol. The van der Waals surface area contributed by atoms with Crippen molar-refractivity contribution < 1.29 is 9.52 Å². The monoisotopic (exact) mass is 258 g/mol. The van der Waals surface area contributed by atoms with Gasteiger partial charge in [0.1, 0.15) is 0 Å². The molecule has 3 aromatic rings. The Morgan fingerprint density at radius 1 is 1.37 bits per heavy atom. The van der Waals surface area contributed by atoms with Gasteiger partial charge in [-0.2, -0.15) is 0 Å². The van der Waals surface area contributed by atoms with Crippen LogP contribution in [0, 0.1) is 6.92 Å². The fourth-order valence-electron chi connectivity index (χ4n) is 2.21. The summed E-state index contributed by atoms with van der Waals surface area (Å²) < 4.78 is 6.57. The van der Waals surface area contributed by atoms with Gasteiger partial charge >= 0.3 is 5.76 Å². The first-order valence-electron chi connectivity index (χ1n) is 5.99. The second-order valence-corrected chi connectivity index (χ2v) is 4.60. The Kier molecular flexibility index (Phi) is 2.57. The van der Waals surface area contributed by atoms with Crippen LogP contribution in [0.1, 0.15) is 11.3 Å². The minimum atomic E-state index is -0.370. The predicted molar refractivity (Wildman–Crippen MR) is 71.9 cm³/mol. The molecule has 2 N–H and O–H groups in total. The smallest absolute Gasteiger partial charge is 0.408 e. The lowest BCUT2D eigenvalue weighted by molar-refractivity contribution is 0.281. The number of aliphatic hydroxyl groups is 1. The number of aliphatic hydroxyl groups excluding tert-OH is 1. The van der Waals surface area contributed by atoms with Crippen molar-refractivity contribution in [3.63, 3.8) is 0 Å². The van der Waals surface area contributed by atoms with E-state index in [2.05, 4.69) is 4.98 Å². The number of benzene rings is 1. The molecule has 0 amide bonds. The number of oxazole rings is 1. The highest BCUT2D eigenvalue weighted by Crippen LogP contribution is 2.25. The Bertz CT molecular complexity index is 808. The van der Waals surface area contributed by atoms with Crippen LogP contribution in [-0.2, 0) is 13.7 Å². The largest absolute Gasteiger partial charge is 0.419 e. The zero-order chi connectivity index (χ0) is 13.6. The summed E-state index contributed by atoms with van der Waals surface area (Å²) in [6.45, 7) is 1.93. The molecule has 5 nitrogen and oxygen atoms in total. The van der Waals surface area contributed by atoms with Crippen molar-refractivity contribution >= 4 is 11.1 Å². The van der Waals surface area contributed by atoms with Crippen LogP contribution in [0.15, 0.2) is 33.5 Å². The third-order valence-electron chi connectivity index (χ3n) is 3.40. The van der Waals surface area contributed by atoms with Crippen molar-refractivity contribution in [2.75, 3.05) is 0 Å². The number of aryl methyl sites for hydroxylation is 2. The maximum atomic E-state index is 11.4. The Morgan fingerprint density at radius 2 is 2.16 bits per heavy atom. The summed E-state index contributed by atoms with van der Waals surface area (Å²) in [6, 6.07) is 7.47. The van der Waals surface area contributed by atoms with E-state index in [1.165, 1.54) is 4.57 Å². The number of rotatable bonds is 2. The average Bonchev–Trinajstić information content (AvgIpc) is 2.91. The van der Waals surface area contributed by atoms with Crippen LogP contribution in [0.4, 0.5) is 0 Å². The van der Waals surface area contributed by atoms with Gasteiger partial charge < -0.3 is 14.5 Å². The molecule has 3 rings (SSSR count). The second kappa shape index (κ2) is 4.13. The molecule has 0 aliphatic heterocycles. The minimum Gasteiger partial charge on any atom is -0.408 e. The lowest BCUT2D eigenvalue weighted by atomic mass is 10.1. The first kappa shape index (κ1) is 11.8. The van der Waals surface area contributed by atoms with Gasteiger partial charge in [0.25, 0.3) is 0 Å². The lowest BCUT2D eigenvalue weighted by Gasteiger charge is -1.98. The predicted octanol–water partition coefficient (Wildman–Crippen LogP) is 1.93. The van der Waals surface area contributed by atoms with E-state index in [0.717, 1.165) is 28.0 Å². The highest BCUT2D eigenvalue weighted by Gasteiger charge is 2.10. The Hall–Kier alpha value is -2.27. The summed E-state index contributed by atoms with van der Waals surface area (Å²) in [7, 11) is 1.68. The molecule has 0 atom stereocenters. The number of aromatic nitrogens is 2. The summed E-state index contributed by atoms with van der Waals surface area (Å²) in [4.78, 5) is 14.7. The molecule has 0 bridgehead atoms. The van der Waals surface area contributed by atoms with Crippen LogP contribution in [0.3, 0.4) is 0 Å². The number of fused-ring (bicyclic) bond motifs is 1. The number of nitrogens with one attached hydrogen (secondary N) is 1. The van der Waals surface area contributed by atoms with Gasteiger partial charge in [-0.3, -0.25) is 4.57 Å². The van der Waals surface area contributed by atoms with E-state index >= 15 is 0 Å². The molecule has 0 aliphatic carbocycles. The summed E-state index contributed by atoms with van der Waals surface area (Å²) in [6.07, 6.45) is 0. The van der Waals surface area contributed by atoms with E-state index in [0.29, 0.717) is 5.58 Å². The van der Waals surface area contributed by atoms with Gasteiger partial charge in [-0.05, 0) is 36.8 Å². The maximum Gasteiger partial charge on any atom is 0.419 e. The number of aromatic amines is 1. The highest BCUT2D eigenvalue weighted by atomic mass is 16.4. The van der Waals surface area contributed by atoms with Crippen molar-refractivity contribution in [2.24, 2.45) is 7.05 Å². The first-order chi connectivity index (χ1) is 9.10.